The second-order valence-electron chi connectivity index (χ2n) is 3.91. The highest BCUT2D eigenvalue weighted by molar-refractivity contribution is 5.76. The van der Waals surface area contributed by atoms with Crippen molar-refractivity contribution >= 4 is 5.91 Å². The zero-order valence-electron chi connectivity index (χ0n) is 9.05. The highest BCUT2D eigenvalue weighted by atomic mass is 16.5. The molecule has 1 saturated carbocycles. The van der Waals surface area contributed by atoms with Gasteiger partial charge in [-0.25, -0.2) is 0 Å². The molecule has 0 aromatic carbocycles. The summed E-state index contributed by atoms with van der Waals surface area (Å²) < 4.78 is 5.26. The minimum Gasteiger partial charge on any atom is -0.381 e. The van der Waals surface area contributed by atoms with Crippen LogP contribution in [0.3, 0.4) is 0 Å². The fraction of sp³-hybridized carbons (Fsp3) is 0.909. The average Bonchev–Trinajstić information content (AvgIpc) is 2.65. The minimum atomic E-state index is 0.146. The van der Waals surface area contributed by atoms with Crippen molar-refractivity contribution in [2.45, 2.75) is 51.5 Å². The molecule has 0 unspecified atom stereocenters. The van der Waals surface area contributed by atoms with Gasteiger partial charge >= 0.3 is 0 Å². The molecule has 0 saturated heterocycles. The predicted octanol–water partition coefficient (Wildman–Crippen LogP) is 1.86. The maximum Gasteiger partial charge on any atom is 0.222 e. The Morgan fingerprint density at radius 3 is 2.71 bits per heavy atom. The molecule has 0 aromatic heterocycles. The zero-order valence-corrected chi connectivity index (χ0v) is 9.05. The van der Waals surface area contributed by atoms with Crippen molar-refractivity contribution in [2.75, 3.05) is 13.2 Å². The third kappa shape index (κ3) is 4.61. The number of hydrogen-bond donors (Lipinski definition) is 1. The van der Waals surface area contributed by atoms with Crippen molar-refractivity contribution in [2.24, 2.45) is 0 Å². The number of rotatable bonds is 6. The van der Waals surface area contributed by atoms with Crippen LogP contribution in [-0.2, 0) is 9.53 Å². The molecule has 1 N–H and O–H groups in total. The third-order valence-electron chi connectivity index (χ3n) is 2.54. The Kier molecular flexibility index (Phi) is 5.60. The van der Waals surface area contributed by atoms with E-state index < -0.39 is 0 Å². The Bertz CT molecular complexity index is 165. The smallest absolute Gasteiger partial charge is 0.222 e. The molecule has 1 rings (SSSR count). The summed E-state index contributed by atoms with van der Waals surface area (Å²) in [5, 5.41) is 3.04. The molecular weight excluding hydrogens is 178 g/mol. The molecule has 1 aliphatic rings. The molecule has 82 valence electrons. The van der Waals surface area contributed by atoms with Gasteiger partial charge in [-0.15, -0.1) is 0 Å². The Labute approximate surface area is 86.2 Å². The van der Waals surface area contributed by atoms with Crippen molar-refractivity contribution in [1.29, 1.82) is 0 Å². The molecule has 0 atom stereocenters. The van der Waals surface area contributed by atoms with E-state index in [0.29, 0.717) is 19.1 Å². The van der Waals surface area contributed by atoms with Gasteiger partial charge in [0.25, 0.3) is 0 Å². The van der Waals surface area contributed by atoms with Gasteiger partial charge in [-0.05, 0) is 19.3 Å². The highest BCUT2D eigenvalue weighted by Gasteiger charge is 2.16. The van der Waals surface area contributed by atoms with Gasteiger partial charge in [0.05, 0.1) is 6.61 Å². The van der Waals surface area contributed by atoms with Crippen molar-refractivity contribution in [3.05, 3.63) is 0 Å². The van der Waals surface area contributed by atoms with E-state index in [1.54, 1.807) is 0 Å². The van der Waals surface area contributed by atoms with E-state index in [0.717, 1.165) is 25.9 Å². The Hall–Kier alpha value is -0.570. The maximum atomic E-state index is 11.4. The van der Waals surface area contributed by atoms with Crippen LogP contribution in [0.15, 0.2) is 0 Å². The van der Waals surface area contributed by atoms with E-state index in [1.165, 1.54) is 12.8 Å². The second-order valence-corrected chi connectivity index (χ2v) is 3.91. The first-order valence-corrected chi connectivity index (χ1v) is 5.70. The molecule has 14 heavy (non-hydrogen) atoms. The molecule has 0 radical (unpaired) electrons. The van der Waals surface area contributed by atoms with Gasteiger partial charge in [-0.3, -0.25) is 4.79 Å². The molecule has 3 nitrogen and oxygen atoms in total. The zero-order chi connectivity index (χ0) is 10.2. The Morgan fingerprint density at radius 1 is 1.36 bits per heavy atom. The van der Waals surface area contributed by atoms with Crippen molar-refractivity contribution in [3.63, 3.8) is 0 Å². The lowest BCUT2D eigenvalue weighted by molar-refractivity contribution is -0.122. The van der Waals surface area contributed by atoms with Crippen molar-refractivity contribution in [1.82, 2.24) is 5.32 Å². The van der Waals surface area contributed by atoms with Gasteiger partial charge in [0, 0.05) is 19.1 Å². The minimum absolute atomic E-state index is 0.146. The lowest BCUT2D eigenvalue weighted by atomic mass is 10.2. The van der Waals surface area contributed by atoms with Gasteiger partial charge in [-0.2, -0.15) is 0 Å². The number of hydrogen-bond acceptors (Lipinski definition) is 2. The molecular formula is C11H21NO2. The fourth-order valence-corrected chi connectivity index (χ4v) is 1.78. The predicted molar refractivity (Wildman–Crippen MR) is 56.1 cm³/mol. The van der Waals surface area contributed by atoms with E-state index in [4.69, 9.17) is 4.74 Å². The van der Waals surface area contributed by atoms with Gasteiger partial charge in [0.15, 0.2) is 0 Å². The first-order chi connectivity index (χ1) is 6.83. The van der Waals surface area contributed by atoms with Gasteiger partial charge in [0.2, 0.25) is 5.91 Å². The molecule has 1 fully saturated rings. The van der Waals surface area contributed by atoms with Crippen LogP contribution in [0.25, 0.3) is 0 Å². The molecule has 1 aliphatic carbocycles. The molecule has 1 amide bonds. The van der Waals surface area contributed by atoms with Crippen LogP contribution < -0.4 is 5.32 Å². The first-order valence-electron chi connectivity index (χ1n) is 5.70. The van der Waals surface area contributed by atoms with E-state index >= 15 is 0 Å². The van der Waals surface area contributed by atoms with Crippen LogP contribution in [-0.4, -0.2) is 25.2 Å². The van der Waals surface area contributed by atoms with Crippen LogP contribution in [0.4, 0.5) is 0 Å². The van der Waals surface area contributed by atoms with E-state index in [2.05, 4.69) is 12.2 Å². The molecule has 3 heteroatoms. The van der Waals surface area contributed by atoms with Gasteiger partial charge < -0.3 is 10.1 Å². The Morgan fingerprint density at radius 2 is 2.07 bits per heavy atom. The largest absolute Gasteiger partial charge is 0.381 e. The number of carbonyl (C=O) groups excluding carboxylic acids is 1. The highest BCUT2D eigenvalue weighted by Crippen LogP contribution is 2.17. The summed E-state index contributed by atoms with van der Waals surface area (Å²) in [6.45, 7) is 3.39. The van der Waals surface area contributed by atoms with Crippen molar-refractivity contribution < 1.29 is 9.53 Å². The van der Waals surface area contributed by atoms with Gasteiger partial charge in [-0.1, -0.05) is 19.8 Å². The summed E-state index contributed by atoms with van der Waals surface area (Å²) >= 11 is 0. The van der Waals surface area contributed by atoms with E-state index in [9.17, 15) is 4.79 Å². The number of amides is 1. The summed E-state index contributed by atoms with van der Waals surface area (Å²) in [6.07, 6.45) is 6.36. The van der Waals surface area contributed by atoms with Crippen LogP contribution in [0.1, 0.15) is 45.4 Å². The fourth-order valence-electron chi connectivity index (χ4n) is 1.78. The molecule has 0 spiro atoms. The van der Waals surface area contributed by atoms with E-state index in [1.807, 2.05) is 0 Å². The monoisotopic (exact) mass is 199 g/mol. The quantitative estimate of drug-likeness (QED) is 0.663. The van der Waals surface area contributed by atoms with Crippen LogP contribution in [0.5, 0.6) is 0 Å². The normalized spacial score (nSPS) is 17.2. The lowest BCUT2D eigenvalue weighted by Crippen LogP contribution is -2.33. The van der Waals surface area contributed by atoms with Gasteiger partial charge in [0.1, 0.15) is 0 Å². The summed E-state index contributed by atoms with van der Waals surface area (Å²) in [7, 11) is 0. The number of ether oxygens (including phenoxy) is 1. The third-order valence-corrected chi connectivity index (χ3v) is 2.54. The topological polar surface area (TPSA) is 38.3 Å². The summed E-state index contributed by atoms with van der Waals surface area (Å²) in [5.41, 5.74) is 0. The summed E-state index contributed by atoms with van der Waals surface area (Å²) in [4.78, 5) is 11.4. The lowest BCUT2D eigenvalue weighted by Gasteiger charge is -2.11. The molecule has 0 heterocycles. The Balaban J connectivity index is 1.98. The average molecular weight is 199 g/mol. The molecule has 0 aromatic rings. The van der Waals surface area contributed by atoms with Crippen molar-refractivity contribution in [3.8, 4) is 0 Å². The second kappa shape index (κ2) is 6.82. The van der Waals surface area contributed by atoms with Crippen LogP contribution in [0.2, 0.25) is 0 Å². The number of nitrogens with one attached hydrogen (secondary N) is 1. The SMILES string of the molecule is CCCOCCC(=O)NC1CCCC1. The number of carbonyl (C=O) groups is 1. The standard InChI is InChI=1S/C11H21NO2/c1-2-8-14-9-7-11(13)12-10-5-3-4-6-10/h10H,2-9H2,1H3,(H,12,13). The van der Waals surface area contributed by atoms with Crippen LogP contribution >= 0.6 is 0 Å². The first kappa shape index (κ1) is 11.5. The maximum absolute atomic E-state index is 11.4. The summed E-state index contributed by atoms with van der Waals surface area (Å²) in [6, 6.07) is 0.439. The molecule has 0 aliphatic heterocycles. The van der Waals surface area contributed by atoms with Crippen LogP contribution in [0, 0.1) is 0 Å². The molecule has 0 bridgehead atoms. The van der Waals surface area contributed by atoms with E-state index in [-0.39, 0.29) is 5.91 Å². The summed E-state index contributed by atoms with van der Waals surface area (Å²) in [5.74, 6) is 0.146.